The van der Waals surface area contributed by atoms with Crippen LogP contribution in [0.4, 0.5) is 0 Å². The Morgan fingerprint density at radius 3 is 2.14 bits per heavy atom. The van der Waals surface area contributed by atoms with Crippen molar-refractivity contribution in [3.63, 3.8) is 0 Å². The van der Waals surface area contributed by atoms with Crippen molar-refractivity contribution < 1.29 is 28.6 Å². The molecule has 0 fully saturated rings. The average Bonchev–Trinajstić information content (AvgIpc) is 3.12. The van der Waals surface area contributed by atoms with Gasteiger partial charge in [0.25, 0.3) is 11.8 Å². The number of benzene rings is 3. The van der Waals surface area contributed by atoms with Crippen molar-refractivity contribution in [3.05, 3.63) is 89.0 Å². The number of fused-ring (bicyclic) bond motifs is 1. The van der Waals surface area contributed by atoms with E-state index in [1.807, 2.05) is 6.07 Å². The number of ether oxygens (including phenoxy) is 3. The summed E-state index contributed by atoms with van der Waals surface area (Å²) in [6.45, 7) is -0.538. The Morgan fingerprint density at radius 2 is 1.51 bits per heavy atom. The zero-order chi connectivity index (χ0) is 24.9. The molecule has 4 rings (SSSR count). The summed E-state index contributed by atoms with van der Waals surface area (Å²) in [5.41, 5.74) is 2.14. The molecule has 3 aromatic carbocycles. The quantitative estimate of drug-likeness (QED) is 0.170. The molecule has 8 heteroatoms. The highest BCUT2D eigenvalue weighted by Gasteiger charge is 2.36. The Hall–Kier alpha value is -4.90. The lowest BCUT2D eigenvalue weighted by Gasteiger charge is -2.14. The van der Waals surface area contributed by atoms with E-state index in [0.29, 0.717) is 22.4 Å². The fourth-order valence-corrected chi connectivity index (χ4v) is 3.73. The molecule has 1 aliphatic rings. The number of carbonyl (C=O) groups excluding carboxylic acids is 3. The number of nitrogens with zero attached hydrogens (tertiary/aromatic N) is 2. The van der Waals surface area contributed by atoms with Gasteiger partial charge in [-0.05, 0) is 48.0 Å². The lowest BCUT2D eigenvalue weighted by Crippen LogP contribution is -2.36. The molecule has 1 heterocycles. The SMILES string of the molecule is COc1cc(/C=C(/C#N)c2ccccc2OC)ccc1OC(=O)CN1C(=O)c2ccccc2C1=O. The summed E-state index contributed by atoms with van der Waals surface area (Å²) in [6.07, 6.45) is 1.66. The number of rotatable bonds is 7. The van der Waals surface area contributed by atoms with Gasteiger partial charge in [-0.25, -0.2) is 4.79 Å². The molecule has 174 valence electrons. The number of hydrogen-bond donors (Lipinski definition) is 0. The molecule has 0 bridgehead atoms. The highest BCUT2D eigenvalue weighted by atomic mass is 16.6. The first-order valence-electron chi connectivity index (χ1n) is 10.6. The molecule has 3 aromatic rings. The Balaban J connectivity index is 1.53. The first-order valence-corrected chi connectivity index (χ1v) is 10.6. The van der Waals surface area contributed by atoms with Gasteiger partial charge in [0.15, 0.2) is 11.5 Å². The maximum absolute atomic E-state index is 12.6. The second-order valence-corrected chi connectivity index (χ2v) is 7.50. The Labute approximate surface area is 201 Å². The molecule has 0 saturated heterocycles. The summed E-state index contributed by atoms with van der Waals surface area (Å²) in [5, 5.41) is 9.67. The van der Waals surface area contributed by atoms with Gasteiger partial charge in [0.05, 0.1) is 37.0 Å². The summed E-state index contributed by atoms with van der Waals surface area (Å²) in [4.78, 5) is 38.4. The Kier molecular flexibility index (Phi) is 6.60. The van der Waals surface area contributed by atoms with E-state index in [1.165, 1.54) is 32.4 Å². The minimum atomic E-state index is -0.798. The minimum absolute atomic E-state index is 0.113. The van der Waals surface area contributed by atoms with E-state index in [2.05, 4.69) is 6.07 Å². The summed E-state index contributed by atoms with van der Waals surface area (Å²) in [5.74, 6) is -0.974. The molecular weight excluding hydrogens is 448 g/mol. The molecule has 1 aliphatic heterocycles. The van der Waals surface area contributed by atoms with Crippen molar-refractivity contribution >= 4 is 29.4 Å². The lowest BCUT2D eigenvalue weighted by molar-refractivity contribution is -0.134. The first kappa shape index (κ1) is 23.3. The summed E-state index contributed by atoms with van der Waals surface area (Å²) < 4.78 is 16.1. The van der Waals surface area contributed by atoms with Crippen LogP contribution in [0.2, 0.25) is 0 Å². The van der Waals surface area contributed by atoms with Gasteiger partial charge in [-0.15, -0.1) is 0 Å². The van der Waals surface area contributed by atoms with Crippen molar-refractivity contribution in [2.24, 2.45) is 0 Å². The number of carbonyl (C=O) groups is 3. The molecule has 0 spiro atoms. The molecule has 0 aliphatic carbocycles. The number of esters is 1. The van der Waals surface area contributed by atoms with Gasteiger partial charge in [0, 0.05) is 5.56 Å². The van der Waals surface area contributed by atoms with Crippen LogP contribution in [0.1, 0.15) is 31.8 Å². The first-order chi connectivity index (χ1) is 17.0. The van der Waals surface area contributed by atoms with Crippen LogP contribution in [-0.2, 0) is 4.79 Å². The van der Waals surface area contributed by atoms with Gasteiger partial charge >= 0.3 is 5.97 Å². The second-order valence-electron chi connectivity index (χ2n) is 7.50. The summed E-state index contributed by atoms with van der Waals surface area (Å²) in [6, 6.07) is 20.5. The summed E-state index contributed by atoms with van der Waals surface area (Å²) in [7, 11) is 2.94. The zero-order valence-corrected chi connectivity index (χ0v) is 19.0. The number of methoxy groups -OCH3 is 2. The number of allylic oxidation sites excluding steroid dienone is 1. The van der Waals surface area contributed by atoms with Crippen molar-refractivity contribution in [1.29, 1.82) is 5.26 Å². The molecule has 8 nitrogen and oxygen atoms in total. The van der Waals surface area contributed by atoms with Crippen LogP contribution in [-0.4, -0.2) is 43.4 Å². The molecule has 0 atom stereocenters. The van der Waals surface area contributed by atoms with Crippen LogP contribution in [0.25, 0.3) is 11.6 Å². The normalized spacial score (nSPS) is 12.7. The molecule has 0 N–H and O–H groups in total. The Bertz CT molecular complexity index is 1370. The molecule has 35 heavy (non-hydrogen) atoms. The number of amides is 2. The number of para-hydroxylation sites is 1. The molecule has 0 unspecified atom stereocenters. The molecule has 2 amide bonds. The number of imide groups is 1. The maximum atomic E-state index is 12.6. The van der Waals surface area contributed by atoms with Gasteiger partial charge in [-0.3, -0.25) is 14.5 Å². The number of hydrogen-bond acceptors (Lipinski definition) is 7. The topological polar surface area (TPSA) is 106 Å². The zero-order valence-electron chi connectivity index (χ0n) is 19.0. The largest absolute Gasteiger partial charge is 0.496 e. The van der Waals surface area contributed by atoms with Crippen molar-refractivity contribution in [1.82, 2.24) is 4.90 Å². The van der Waals surface area contributed by atoms with Gasteiger partial charge in [0.2, 0.25) is 0 Å². The van der Waals surface area contributed by atoms with Crippen LogP contribution in [0, 0.1) is 11.3 Å². The molecular formula is C27H20N2O6. The predicted molar refractivity (Wildman–Crippen MR) is 127 cm³/mol. The van der Waals surface area contributed by atoms with E-state index in [4.69, 9.17) is 14.2 Å². The van der Waals surface area contributed by atoms with E-state index in [0.717, 1.165) is 4.90 Å². The van der Waals surface area contributed by atoms with Crippen LogP contribution in [0.3, 0.4) is 0 Å². The highest BCUT2D eigenvalue weighted by molar-refractivity contribution is 6.22. The van der Waals surface area contributed by atoms with Crippen molar-refractivity contribution in [3.8, 4) is 23.3 Å². The third-order valence-corrected chi connectivity index (χ3v) is 5.41. The third-order valence-electron chi connectivity index (χ3n) is 5.41. The fourth-order valence-electron chi connectivity index (χ4n) is 3.73. The van der Waals surface area contributed by atoms with Crippen LogP contribution in [0.5, 0.6) is 17.2 Å². The van der Waals surface area contributed by atoms with E-state index in [1.54, 1.807) is 48.5 Å². The molecule has 0 saturated carbocycles. The smallest absolute Gasteiger partial charge is 0.331 e. The van der Waals surface area contributed by atoms with E-state index < -0.39 is 24.3 Å². The predicted octanol–water partition coefficient (Wildman–Crippen LogP) is 3.97. The Morgan fingerprint density at radius 1 is 0.886 bits per heavy atom. The number of nitriles is 1. The van der Waals surface area contributed by atoms with Gasteiger partial charge < -0.3 is 14.2 Å². The van der Waals surface area contributed by atoms with E-state index in [9.17, 15) is 19.6 Å². The van der Waals surface area contributed by atoms with E-state index >= 15 is 0 Å². The summed E-state index contributed by atoms with van der Waals surface area (Å²) >= 11 is 0. The highest BCUT2D eigenvalue weighted by Crippen LogP contribution is 2.32. The van der Waals surface area contributed by atoms with Gasteiger partial charge in [-0.2, -0.15) is 5.26 Å². The van der Waals surface area contributed by atoms with Crippen molar-refractivity contribution in [2.75, 3.05) is 20.8 Å². The van der Waals surface area contributed by atoms with Crippen LogP contribution in [0.15, 0.2) is 66.7 Å². The van der Waals surface area contributed by atoms with E-state index in [-0.39, 0.29) is 22.6 Å². The maximum Gasteiger partial charge on any atom is 0.331 e. The molecule has 0 aromatic heterocycles. The monoisotopic (exact) mass is 468 g/mol. The molecule has 0 radical (unpaired) electrons. The average molecular weight is 468 g/mol. The minimum Gasteiger partial charge on any atom is -0.496 e. The van der Waals surface area contributed by atoms with Crippen LogP contribution >= 0.6 is 0 Å². The lowest BCUT2D eigenvalue weighted by atomic mass is 10.0. The van der Waals surface area contributed by atoms with Crippen molar-refractivity contribution in [2.45, 2.75) is 0 Å². The van der Waals surface area contributed by atoms with Crippen LogP contribution < -0.4 is 14.2 Å². The van der Waals surface area contributed by atoms with Gasteiger partial charge in [-0.1, -0.05) is 30.3 Å². The second kappa shape index (κ2) is 9.93. The van der Waals surface area contributed by atoms with Gasteiger partial charge in [0.1, 0.15) is 12.3 Å². The third kappa shape index (κ3) is 4.61. The standard InChI is InChI=1S/C27H20N2O6/c1-33-22-10-6-5-7-19(22)18(15-28)13-17-11-12-23(24(14-17)34-2)35-25(30)16-29-26(31)20-8-3-4-9-21(20)27(29)32/h3-14H,16H2,1-2H3/b18-13-. The fraction of sp³-hybridized carbons (Fsp3) is 0.111.